The first-order valence-electron chi connectivity index (χ1n) is 9.13. The van der Waals surface area contributed by atoms with Crippen molar-refractivity contribution < 1.29 is 14.3 Å². The molecule has 0 aliphatic heterocycles. The standard InChI is InChI=1S/C21H23N3O3S2/c1-15-13-28-21(24-15)29-14-16-5-7-17(8-6-16)19(25)23-12-18-4-3-9-22-20(18)27-11-10-26-2/h3-9,13H,10-12,14H2,1-2H3,(H,23,25). The zero-order chi connectivity index (χ0) is 20.5. The molecule has 0 spiro atoms. The minimum atomic E-state index is -0.133. The van der Waals surface area contributed by atoms with Crippen molar-refractivity contribution in [1.29, 1.82) is 0 Å². The number of carbonyl (C=O) groups is 1. The Morgan fingerprint density at radius 1 is 1.21 bits per heavy atom. The first kappa shape index (κ1) is 21.3. The Labute approximate surface area is 178 Å². The van der Waals surface area contributed by atoms with Gasteiger partial charge < -0.3 is 14.8 Å². The van der Waals surface area contributed by atoms with Gasteiger partial charge in [-0.05, 0) is 30.7 Å². The number of pyridine rings is 1. The molecule has 6 nitrogen and oxygen atoms in total. The second-order valence-corrected chi connectivity index (χ2v) is 8.31. The molecule has 2 aromatic heterocycles. The van der Waals surface area contributed by atoms with Crippen LogP contribution in [0.2, 0.25) is 0 Å². The van der Waals surface area contributed by atoms with E-state index in [4.69, 9.17) is 9.47 Å². The quantitative estimate of drug-likeness (QED) is 0.386. The van der Waals surface area contributed by atoms with Crippen molar-refractivity contribution >= 4 is 29.0 Å². The van der Waals surface area contributed by atoms with Crippen molar-refractivity contribution in [2.45, 2.75) is 23.6 Å². The summed E-state index contributed by atoms with van der Waals surface area (Å²) in [5.74, 6) is 1.20. The largest absolute Gasteiger partial charge is 0.475 e. The van der Waals surface area contributed by atoms with E-state index in [2.05, 4.69) is 15.3 Å². The zero-order valence-corrected chi connectivity index (χ0v) is 18.0. The van der Waals surface area contributed by atoms with Crippen LogP contribution in [0.25, 0.3) is 0 Å². The number of hydrogen-bond acceptors (Lipinski definition) is 7. The van der Waals surface area contributed by atoms with Crippen LogP contribution in [0.1, 0.15) is 27.2 Å². The summed E-state index contributed by atoms with van der Waals surface area (Å²) in [6.45, 7) is 3.23. The van der Waals surface area contributed by atoms with Crippen molar-refractivity contribution in [3.05, 3.63) is 70.4 Å². The molecule has 1 amide bonds. The SMILES string of the molecule is COCCOc1ncccc1CNC(=O)c1ccc(CSc2nc(C)cs2)cc1. The Balaban J connectivity index is 1.52. The van der Waals surface area contributed by atoms with Crippen LogP contribution < -0.4 is 10.1 Å². The highest BCUT2D eigenvalue weighted by Gasteiger charge is 2.09. The van der Waals surface area contributed by atoms with Gasteiger partial charge in [-0.25, -0.2) is 9.97 Å². The average molecular weight is 430 g/mol. The molecule has 0 atom stereocenters. The molecule has 2 heterocycles. The van der Waals surface area contributed by atoms with Gasteiger partial charge >= 0.3 is 0 Å². The van der Waals surface area contributed by atoms with Crippen LogP contribution in [0.5, 0.6) is 5.88 Å². The number of amides is 1. The summed E-state index contributed by atoms with van der Waals surface area (Å²) in [6, 6.07) is 11.4. The lowest BCUT2D eigenvalue weighted by Crippen LogP contribution is -2.23. The molecule has 3 aromatic rings. The smallest absolute Gasteiger partial charge is 0.251 e. The first-order chi connectivity index (χ1) is 14.2. The molecule has 0 aliphatic carbocycles. The number of thioether (sulfide) groups is 1. The fourth-order valence-electron chi connectivity index (χ4n) is 2.48. The van der Waals surface area contributed by atoms with E-state index >= 15 is 0 Å². The third-order valence-corrected chi connectivity index (χ3v) is 6.20. The van der Waals surface area contributed by atoms with Gasteiger partial charge in [-0.3, -0.25) is 4.79 Å². The Hall–Kier alpha value is -2.42. The molecule has 0 radical (unpaired) electrons. The molecule has 0 unspecified atom stereocenters. The molecule has 1 N–H and O–H groups in total. The minimum Gasteiger partial charge on any atom is -0.475 e. The molecule has 1 aromatic carbocycles. The molecule has 0 fully saturated rings. The number of ether oxygens (including phenoxy) is 2. The number of rotatable bonds is 10. The van der Waals surface area contributed by atoms with Gasteiger partial charge in [-0.15, -0.1) is 11.3 Å². The summed E-state index contributed by atoms with van der Waals surface area (Å²) >= 11 is 3.36. The lowest BCUT2D eigenvalue weighted by Gasteiger charge is -2.11. The van der Waals surface area contributed by atoms with Crippen molar-refractivity contribution in [3.63, 3.8) is 0 Å². The predicted octanol–water partition coefficient (Wildman–Crippen LogP) is 4.09. The number of methoxy groups -OCH3 is 1. The summed E-state index contributed by atoms with van der Waals surface area (Å²) in [6.07, 6.45) is 1.66. The maximum Gasteiger partial charge on any atom is 0.251 e. The van der Waals surface area contributed by atoms with Gasteiger partial charge in [0.2, 0.25) is 5.88 Å². The van der Waals surface area contributed by atoms with Crippen molar-refractivity contribution in [2.24, 2.45) is 0 Å². The first-order valence-corrected chi connectivity index (χ1v) is 11.0. The van der Waals surface area contributed by atoms with Crippen molar-refractivity contribution in [2.75, 3.05) is 20.3 Å². The molecule has 29 heavy (non-hydrogen) atoms. The zero-order valence-electron chi connectivity index (χ0n) is 16.4. The Kier molecular flexibility index (Phi) is 8.03. The topological polar surface area (TPSA) is 73.3 Å². The Morgan fingerprint density at radius 2 is 2.03 bits per heavy atom. The molecule has 8 heteroatoms. The molecule has 152 valence electrons. The van der Waals surface area contributed by atoms with Crippen LogP contribution in [-0.2, 0) is 17.0 Å². The molecule has 0 saturated heterocycles. The lowest BCUT2D eigenvalue weighted by molar-refractivity contribution is 0.0950. The van der Waals surface area contributed by atoms with E-state index in [9.17, 15) is 4.79 Å². The number of benzene rings is 1. The van der Waals surface area contributed by atoms with E-state index in [0.717, 1.165) is 26.9 Å². The normalized spacial score (nSPS) is 10.7. The number of nitrogens with one attached hydrogen (secondary N) is 1. The van der Waals surface area contributed by atoms with E-state index in [0.29, 0.717) is 31.2 Å². The summed E-state index contributed by atoms with van der Waals surface area (Å²) in [7, 11) is 1.62. The monoisotopic (exact) mass is 429 g/mol. The highest BCUT2D eigenvalue weighted by Crippen LogP contribution is 2.26. The maximum atomic E-state index is 12.5. The maximum absolute atomic E-state index is 12.5. The van der Waals surface area contributed by atoms with Gasteiger partial charge in [-0.2, -0.15) is 0 Å². The van der Waals surface area contributed by atoms with E-state index in [1.54, 1.807) is 36.4 Å². The number of nitrogens with zero attached hydrogens (tertiary/aromatic N) is 2. The lowest BCUT2D eigenvalue weighted by atomic mass is 10.1. The highest BCUT2D eigenvalue weighted by atomic mass is 32.2. The summed E-state index contributed by atoms with van der Waals surface area (Å²) in [4.78, 5) is 21.2. The molecular weight excluding hydrogens is 406 g/mol. The van der Waals surface area contributed by atoms with Gasteiger partial charge in [0.25, 0.3) is 5.91 Å². The van der Waals surface area contributed by atoms with Gasteiger partial charge in [-0.1, -0.05) is 30.0 Å². The van der Waals surface area contributed by atoms with Crippen LogP contribution in [0.3, 0.4) is 0 Å². The van der Waals surface area contributed by atoms with E-state index in [1.807, 2.05) is 48.7 Å². The molecule has 0 bridgehead atoms. The molecule has 0 aliphatic rings. The Morgan fingerprint density at radius 3 is 2.76 bits per heavy atom. The average Bonchev–Trinajstić information content (AvgIpc) is 3.17. The van der Waals surface area contributed by atoms with Crippen molar-refractivity contribution in [1.82, 2.24) is 15.3 Å². The summed E-state index contributed by atoms with van der Waals surface area (Å²) in [5.41, 5.74) is 3.64. The van der Waals surface area contributed by atoms with E-state index in [-0.39, 0.29) is 5.91 Å². The number of carbonyl (C=O) groups excluding carboxylic acids is 1. The van der Waals surface area contributed by atoms with Crippen LogP contribution in [0.15, 0.2) is 52.3 Å². The fraction of sp³-hybridized carbons (Fsp3) is 0.286. The second kappa shape index (κ2) is 10.9. The van der Waals surface area contributed by atoms with Crippen LogP contribution in [0, 0.1) is 6.92 Å². The molecule has 0 saturated carbocycles. The predicted molar refractivity (Wildman–Crippen MR) is 116 cm³/mol. The number of aryl methyl sites for hydroxylation is 1. The van der Waals surface area contributed by atoms with E-state index in [1.165, 1.54) is 0 Å². The summed E-state index contributed by atoms with van der Waals surface area (Å²) < 4.78 is 11.6. The van der Waals surface area contributed by atoms with Crippen molar-refractivity contribution in [3.8, 4) is 5.88 Å². The highest BCUT2D eigenvalue weighted by molar-refractivity contribution is 8.00. The molecule has 3 rings (SSSR count). The van der Waals surface area contributed by atoms with Gasteiger partial charge in [0.1, 0.15) is 10.9 Å². The fourth-order valence-corrected chi connectivity index (χ4v) is 4.29. The van der Waals surface area contributed by atoms with Crippen LogP contribution in [-0.4, -0.2) is 36.2 Å². The van der Waals surface area contributed by atoms with Gasteiger partial charge in [0.15, 0.2) is 0 Å². The summed E-state index contributed by atoms with van der Waals surface area (Å²) in [5, 5.41) is 4.97. The molecular formula is C21H23N3O3S2. The Bertz CT molecular complexity index is 929. The van der Waals surface area contributed by atoms with Gasteiger partial charge in [0, 0.05) is 47.8 Å². The van der Waals surface area contributed by atoms with E-state index < -0.39 is 0 Å². The number of hydrogen-bond donors (Lipinski definition) is 1. The van der Waals surface area contributed by atoms with Crippen LogP contribution in [0.4, 0.5) is 0 Å². The third-order valence-electron chi connectivity index (χ3n) is 3.99. The second-order valence-electron chi connectivity index (χ2n) is 6.23. The third kappa shape index (κ3) is 6.56. The number of aromatic nitrogens is 2. The minimum absolute atomic E-state index is 0.133. The van der Waals surface area contributed by atoms with Gasteiger partial charge in [0.05, 0.1) is 6.61 Å². The van der Waals surface area contributed by atoms with Crippen LogP contribution >= 0.6 is 23.1 Å². The number of thiazole rings is 1.